The Bertz CT molecular complexity index is 907. The monoisotopic (exact) mass is 433 g/mol. The molecule has 1 aliphatic heterocycles. The molecule has 0 radical (unpaired) electrons. The number of fused-ring (bicyclic) bond motifs is 1. The predicted molar refractivity (Wildman–Crippen MR) is 113 cm³/mol. The largest absolute Gasteiger partial charge is 0.489 e. The summed E-state index contributed by atoms with van der Waals surface area (Å²) in [6, 6.07) is 11.0. The second-order valence-corrected chi connectivity index (χ2v) is 7.57. The number of benzene rings is 2. The Hall–Kier alpha value is -2.80. The molecule has 0 saturated heterocycles. The Morgan fingerprint density at radius 1 is 1.10 bits per heavy atom. The zero-order chi connectivity index (χ0) is 22.3. The van der Waals surface area contributed by atoms with Gasteiger partial charge in [-0.2, -0.15) is 13.2 Å². The second kappa shape index (κ2) is 10.5. The number of aliphatic carboxylic acids is 1. The highest BCUT2D eigenvalue weighted by Crippen LogP contribution is 2.29. The standard InChI is InChI=1S/C24H26F3NO3/c25-24(26,27)20-10-8-18(9-11-20)4-3-17-31-22-6-1-5-19-12-15-28(16-13-21(19)22)14-2-7-23(29)30/h1,3-6,8-11H,2,7,12-17H2,(H,29,30)/b4-3+. The highest BCUT2D eigenvalue weighted by molar-refractivity contribution is 5.66. The molecule has 0 aliphatic carbocycles. The molecular weight excluding hydrogens is 407 g/mol. The summed E-state index contributed by atoms with van der Waals surface area (Å²) >= 11 is 0. The molecule has 0 amide bonds. The summed E-state index contributed by atoms with van der Waals surface area (Å²) < 4.78 is 43.8. The number of ether oxygens (including phenoxy) is 1. The van der Waals surface area contributed by atoms with Crippen molar-refractivity contribution in [3.05, 3.63) is 70.8 Å². The third kappa shape index (κ3) is 6.85. The van der Waals surface area contributed by atoms with E-state index in [0.717, 1.165) is 50.4 Å². The third-order valence-corrected chi connectivity index (χ3v) is 5.35. The summed E-state index contributed by atoms with van der Waals surface area (Å²) in [7, 11) is 0. The molecule has 0 atom stereocenters. The van der Waals surface area contributed by atoms with E-state index in [1.807, 2.05) is 12.1 Å². The van der Waals surface area contributed by atoms with Gasteiger partial charge in [0.05, 0.1) is 5.56 Å². The number of halogens is 3. The van der Waals surface area contributed by atoms with Crippen molar-refractivity contribution < 1.29 is 27.8 Å². The van der Waals surface area contributed by atoms with E-state index in [0.29, 0.717) is 18.6 Å². The number of carbonyl (C=O) groups is 1. The van der Waals surface area contributed by atoms with Crippen LogP contribution in [0.15, 0.2) is 48.5 Å². The summed E-state index contributed by atoms with van der Waals surface area (Å²) in [6.07, 6.45) is 1.75. The molecule has 1 heterocycles. The van der Waals surface area contributed by atoms with Crippen molar-refractivity contribution in [1.29, 1.82) is 0 Å². The van der Waals surface area contributed by atoms with Crippen LogP contribution in [-0.4, -0.2) is 42.2 Å². The fourth-order valence-electron chi connectivity index (χ4n) is 3.71. The van der Waals surface area contributed by atoms with E-state index in [1.54, 1.807) is 12.2 Å². The molecule has 1 N–H and O–H groups in total. The molecule has 1 aliphatic rings. The number of alkyl halides is 3. The van der Waals surface area contributed by atoms with Crippen LogP contribution in [0.2, 0.25) is 0 Å². The summed E-state index contributed by atoms with van der Waals surface area (Å²) in [5, 5.41) is 8.81. The van der Waals surface area contributed by atoms with Crippen LogP contribution in [0, 0.1) is 0 Å². The fraction of sp³-hybridized carbons (Fsp3) is 0.375. The summed E-state index contributed by atoms with van der Waals surface area (Å²) in [6.45, 7) is 2.84. The normalized spacial score (nSPS) is 14.9. The molecule has 4 nitrogen and oxygen atoms in total. The Morgan fingerprint density at radius 3 is 2.55 bits per heavy atom. The van der Waals surface area contributed by atoms with Crippen LogP contribution in [0.1, 0.15) is 35.1 Å². The lowest BCUT2D eigenvalue weighted by atomic mass is 10.0. The zero-order valence-electron chi connectivity index (χ0n) is 17.2. The SMILES string of the molecule is O=C(O)CCCN1CCc2cccc(OC/C=C/c3ccc(C(F)(F)F)cc3)c2CC1. The highest BCUT2D eigenvalue weighted by Gasteiger charge is 2.29. The fourth-order valence-corrected chi connectivity index (χ4v) is 3.71. The predicted octanol–water partition coefficient (Wildman–Crippen LogP) is 5.06. The molecule has 0 aromatic heterocycles. The summed E-state index contributed by atoms with van der Waals surface area (Å²) in [5.74, 6) is 0.0556. The number of hydrogen-bond donors (Lipinski definition) is 1. The maximum atomic E-state index is 12.6. The van der Waals surface area contributed by atoms with Gasteiger partial charge in [-0.25, -0.2) is 0 Å². The Labute approximate surface area is 179 Å². The average Bonchev–Trinajstić information content (AvgIpc) is 2.94. The quantitative estimate of drug-likeness (QED) is 0.632. The summed E-state index contributed by atoms with van der Waals surface area (Å²) in [4.78, 5) is 13.0. The van der Waals surface area contributed by atoms with E-state index in [4.69, 9.17) is 9.84 Å². The van der Waals surface area contributed by atoms with Crippen LogP contribution >= 0.6 is 0 Å². The number of carboxylic acids is 1. The lowest BCUT2D eigenvalue weighted by molar-refractivity contribution is -0.138. The molecule has 2 aromatic carbocycles. The average molecular weight is 433 g/mol. The summed E-state index contributed by atoms with van der Waals surface area (Å²) in [5.41, 5.74) is 2.43. The zero-order valence-corrected chi connectivity index (χ0v) is 17.2. The van der Waals surface area contributed by atoms with Gasteiger partial charge < -0.3 is 14.7 Å². The number of nitrogens with zero attached hydrogens (tertiary/aromatic N) is 1. The Kier molecular flexibility index (Phi) is 7.74. The van der Waals surface area contributed by atoms with Gasteiger partial charge in [0.15, 0.2) is 0 Å². The van der Waals surface area contributed by atoms with Gasteiger partial charge in [0, 0.05) is 19.5 Å². The Morgan fingerprint density at radius 2 is 1.84 bits per heavy atom. The molecule has 166 valence electrons. The van der Waals surface area contributed by atoms with Crippen molar-refractivity contribution in [1.82, 2.24) is 4.90 Å². The molecular formula is C24H26F3NO3. The maximum absolute atomic E-state index is 12.6. The van der Waals surface area contributed by atoms with Gasteiger partial charge in [-0.3, -0.25) is 4.79 Å². The Balaban J connectivity index is 1.55. The molecule has 0 bridgehead atoms. The number of hydrogen-bond acceptors (Lipinski definition) is 3. The van der Waals surface area contributed by atoms with Crippen LogP contribution in [-0.2, 0) is 23.8 Å². The van der Waals surface area contributed by atoms with Crippen molar-refractivity contribution in [2.24, 2.45) is 0 Å². The third-order valence-electron chi connectivity index (χ3n) is 5.35. The van der Waals surface area contributed by atoms with E-state index in [1.165, 1.54) is 23.3 Å². The molecule has 0 unspecified atom stereocenters. The number of rotatable bonds is 8. The minimum atomic E-state index is -4.33. The van der Waals surface area contributed by atoms with Crippen LogP contribution in [0.4, 0.5) is 13.2 Å². The number of carboxylic acid groups (broad SMARTS) is 1. The molecule has 0 fully saturated rings. The highest BCUT2D eigenvalue weighted by atomic mass is 19.4. The van der Waals surface area contributed by atoms with Crippen LogP contribution < -0.4 is 4.74 Å². The van der Waals surface area contributed by atoms with Gasteiger partial charge >= 0.3 is 12.1 Å². The van der Waals surface area contributed by atoms with Gasteiger partial charge in [-0.1, -0.05) is 30.3 Å². The van der Waals surface area contributed by atoms with Gasteiger partial charge in [0.25, 0.3) is 0 Å². The van der Waals surface area contributed by atoms with Crippen molar-refractivity contribution in [2.75, 3.05) is 26.2 Å². The van der Waals surface area contributed by atoms with Crippen molar-refractivity contribution >= 4 is 12.0 Å². The van der Waals surface area contributed by atoms with E-state index in [-0.39, 0.29) is 6.42 Å². The second-order valence-electron chi connectivity index (χ2n) is 7.57. The van der Waals surface area contributed by atoms with Crippen molar-refractivity contribution in [3.63, 3.8) is 0 Å². The maximum Gasteiger partial charge on any atom is 0.416 e. The minimum absolute atomic E-state index is 0.184. The lowest BCUT2D eigenvalue weighted by Crippen LogP contribution is -2.27. The topological polar surface area (TPSA) is 49.8 Å². The van der Waals surface area contributed by atoms with Gasteiger partial charge in [-0.15, -0.1) is 0 Å². The minimum Gasteiger partial charge on any atom is -0.489 e. The van der Waals surface area contributed by atoms with Gasteiger partial charge in [-0.05, 0) is 66.8 Å². The first-order chi connectivity index (χ1) is 14.8. The lowest BCUT2D eigenvalue weighted by Gasteiger charge is -2.19. The molecule has 31 heavy (non-hydrogen) atoms. The first kappa shape index (κ1) is 22.9. The molecule has 0 saturated carbocycles. The van der Waals surface area contributed by atoms with E-state index >= 15 is 0 Å². The first-order valence-corrected chi connectivity index (χ1v) is 10.3. The van der Waals surface area contributed by atoms with E-state index in [2.05, 4.69) is 11.0 Å². The van der Waals surface area contributed by atoms with Crippen LogP contribution in [0.5, 0.6) is 5.75 Å². The molecule has 2 aromatic rings. The van der Waals surface area contributed by atoms with Gasteiger partial charge in [0.2, 0.25) is 0 Å². The first-order valence-electron chi connectivity index (χ1n) is 10.3. The van der Waals surface area contributed by atoms with Crippen molar-refractivity contribution in [2.45, 2.75) is 31.9 Å². The van der Waals surface area contributed by atoms with E-state index in [9.17, 15) is 18.0 Å². The molecule has 7 heteroatoms. The van der Waals surface area contributed by atoms with Crippen LogP contribution in [0.25, 0.3) is 6.08 Å². The smallest absolute Gasteiger partial charge is 0.416 e. The molecule has 3 rings (SSSR count). The van der Waals surface area contributed by atoms with E-state index < -0.39 is 17.7 Å². The van der Waals surface area contributed by atoms with Crippen molar-refractivity contribution in [3.8, 4) is 5.75 Å². The van der Waals surface area contributed by atoms with Gasteiger partial charge in [0.1, 0.15) is 12.4 Å². The van der Waals surface area contributed by atoms with Crippen LogP contribution in [0.3, 0.4) is 0 Å². The molecule has 0 spiro atoms.